The lowest BCUT2D eigenvalue weighted by Crippen LogP contribution is -2.68. The van der Waals surface area contributed by atoms with E-state index in [4.69, 9.17) is 0 Å². The van der Waals surface area contributed by atoms with E-state index in [2.05, 4.69) is 35.8 Å². The van der Waals surface area contributed by atoms with E-state index in [-0.39, 0.29) is 0 Å². The number of hydrogen-bond donors (Lipinski definition) is 0. The summed E-state index contributed by atoms with van der Waals surface area (Å²) in [5.41, 5.74) is 0. The van der Waals surface area contributed by atoms with Crippen LogP contribution >= 0.6 is 70.4 Å². The maximum absolute atomic E-state index is 11.1. The molecule has 0 aromatic carbocycles. The van der Waals surface area contributed by atoms with Gasteiger partial charge in [0, 0.05) is 0 Å². The number of phosphoric ester groups is 6. The Hall–Kier alpha value is 1.07. The second-order valence-electron chi connectivity index (χ2n) is 7.61. The fourth-order valence-corrected chi connectivity index (χ4v) is 8.57. The van der Waals surface area contributed by atoms with Crippen molar-refractivity contribution in [2.45, 2.75) is 36.6 Å². The summed E-state index contributed by atoms with van der Waals surface area (Å²) >= 11 is 0. The molecular weight excluding hydrogens is 895 g/mol. The van der Waals surface area contributed by atoms with E-state index in [1.165, 1.54) is 0 Å². The van der Waals surface area contributed by atoms with E-state index in [1.54, 1.807) is 0 Å². The van der Waals surface area contributed by atoms with Crippen LogP contribution in [-0.4, -0.2) is 36.6 Å². The highest BCUT2D eigenvalue weighted by Crippen LogP contribution is 2.57. The van der Waals surface area contributed by atoms with Gasteiger partial charge in [-0.05, 0) is 0 Å². The van der Waals surface area contributed by atoms with E-state index in [9.17, 15) is 124 Å². The summed E-state index contributed by atoms with van der Waals surface area (Å²) in [5, 5.41) is 0. The molecule has 0 radical (unpaired) electrons. The lowest BCUT2D eigenvalue weighted by molar-refractivity contribution is -0.390. The van der Waals surface area contributed by atoms with Crippen LogP contribution in [0.4, 0.5) is 0 Å². The van der Waals surface area contributed by atoms with Crippen molar-refractivity contribution in [1.29, 1.82) is 0 Å². The molecule has 1 fully saturated rings. The van der Waals surface area contributed by atoms with Crippen LogP contribution in [0.2, 0.25) is 0 Å². The molecular formula is C6H6O34P9-17. The molecule has 0 atom stereocenters. The molecule has 49 heavy (non-hydrogen) atoms. The van der Waals surface area contributed by atoms with Gasteiger partial charge in [-0.2, -0.15) is 0 Å². The SMILES string of the molecule is O=P([O-])([O-])OC1C(OP(=O)([O-])[O-])C(OP(=O)([O-])[O-])C(OP(=O)([O-])[O-])C(OP(=O)([O-])[O-])C1OP(=O)([O-])[O-].O=P([O-])([O-])OP(=O)([O-])OP(=O)([O-])[O-]. The quantitative estimate of drug-likeness (QED) is 0.130. The van der Waals surface area contributed by atoms with Crippen molar-refractivity contribution in [2.24, 2.45) is 0 Å². The lowest BCUT2D eigenvalue weighted by Gasteiger charge is -2.57. The third-order valence-corrected chi connectivity index (χ3v) is 10.1. The fourth-order valence-electron chi connectivity index (χ4n) is 3.00. The molecule has 1 rings (SSSR count). The maximum Gasteiger partial charge on any atom is 0.275 e. The fraction of sp³-hybridized carbons (Fsp3) is 1.00. The summed E-state index contributed by atoms with van der Waals surface area (Å²) in [5.74, 6) is 0. The molecule has 1 saturated carbocycles. The highest BCUT2D eigenvalue weighted by molar-refractivity contribution is 7.64. The van der Waals surface area contributed by atoms with Crippen molar-refractivity contribution in [2.75, 3.05) is 0 Å². The summed E-state index contributed by atoms with van der Waals surface area (Å²) in [4.78, 5) is 182. The molecule has 0 heterocycles. The van der Waals surface area contributed by atoms with Gasteiger partial charge in [0.25, 0.3) is 7.82 Å². The smallest absolute Gasteiger partial charge is 0.275 e. The van der Waals surface area contributed by atoms with Gasteiger partial charge in [-0.3, -0.25) is 13.2 Å². The van der Waals surface area contributed by atoms with Gasteiger partial charge in [0.05, 0.1) is 62.6 Å². The Kier molecular flexibility index (Phi) is 17.6. The van der Waals surface area contributed by atoms with Crippen LogP contribution < -0.4 is 83.2 Å². The van der Waals surface area contributed by atoms with Gasteiger partial charge in [0.1, 0.15) is 36.6 Å². The van der Waals surface area contributed by atoms with Gasteiger partial charge in [-0.25, -0.2) is 0 Å². The molecule has 0 aromatic rings. The second-order valence-corrected chi connectivity index (χ2v) is 18.2. The Labute approximate surface area is 267 Å². The van der Waals surface area contributed by atoms with Crippen molar-refractivity contribution in [3.63, 3.8) is 0 Å². The predicted octanol–water partition coefficient (Wildman–Crippen LogP) is -14.6. The zero-order valence-electron chi connectivity index (χ0n) is 21.4. The Morgan fingerprint density at radius 2 is 0.367 bits per heavy atom. The largest absolute Gasteiger partial charge is 0.790 e. The average Bonchev–Trinajstić information content (AvgIpc) is 2.67. The molecule has 1 aliphatic carbocycles. The number of hydrogen-bond acceptors (Lipinski definition) is 34. The molecule has 0 spiro atoms. The van der Waals surface area contributed by atoms with Gasteiger partial charge in [0.2, 0.25) is 0 Å². The molecule has 43 heteroatoms. The van der Waals surface area contributed by atoms with Gasteiger partial charge in [-0.15, -0.1) is 0 Å². The highest BCUT2D eigenvalue weighted by Gasteiger charge is 2.57. The zero-order valence-corrected chi connectivity index (χ0v) is 29.4. The topological polar surface area (TPSA) is 619 Å². The molecule has 0 aliphatic heterocycles. The molecule has 296 valence electrons. The Bertz CT molecular complexity index is 1290. The molecule has 0 bridgehead atoms. The summed E-state index contributed by atoms with van der Waals surface area (Å²) in [7, 11) is -58.0. The van der Waals surface area contributed by atoms with Gasteiger partial charge in [0.15, 0.2) is 0 Å². The first kappa shape index (κ1) is 50.1. The first-order chi connectivity index (χ1) is 21.0. The minimum absolute atomic E-state index is 2.65. The Morgan fingerprint density at radius 1 is 0.245 bits per heavy atom. The second kappa shape index (κ2) is 17.3. The Morgan fingerprint density at radius 3 is 0.449 bits per heavy atom. The van der Waals surface area contributed by atoms with Crippen LogP contribution in [0.25, 0.3) is 0 Å². The van der Waals surface area contributed by atoms with E-state index in [0.29, 0.717) is 0 Å². The van der Waals surface area contributed by atoms with Crippen LogP contribution in [-0.2, 0) is 76.8 Å². The van der Waals surface area contributed by atoms with Gasteiger partial charge in [-0.1, -0.05) is 0 Å². The van der Waals surface area contributed by atoms with Gasteiger partial charge >= 0.3 is 0 Å². The molecule has 34 nitrogen and oxygen atoms in total. The molecule has 0 saturated heterocycles. The molecule has 0 aromatic heterocycles. The molecule has 0 N–H and O–H groups in total. The third-order valence-electron chi connectivity index (χ3n) is 3.85. The van der Waals surface area contributed by atoms with Crippen molar-refractivity contribution in [1.82, 2.24) is 0 Å². The highest BCUT2D eigenvalue weighted by atomic mass is 31.3. The minimum atomic E-state index is -6.68. The van der Waals surface area contributed by atoms with Crippen molar-refractivity contribution in [3.8, 4) is 0 Å². The molecule has 0 amide bonds. The zero-order chi connectivity index (χ0) is 39.6. The summed E-state index contributed by atoms with van der Waals surface area (Å²) in [6, 6.07) is 0. The van der Waals surface area contributed by atoms with Gasteiger partial charge < -0.3 is 147 Å². The molecule has 1 aliphatic rings. The predicted molar refractivity (Wildman–Crippen MR) is 99.9 cm³/mol. The number of phosphoric acid groups is 9. The monoisotopic (exact) mass is 901 g/mol. The standard InChI is InChI=1S/C6H18O24P6.H5O10P3/c7-31(8,9)25-1-2(26-32(10,11)12)4(28-34(16,17)18)6(30-36(22,23)24)5(29-35(19,20)21)3(1)27-33(13,14)15;1-11(2,3)9-13(7,8)10-12(4,5)6/h1-6H,(H2,7,8,9)(H2,10,11,12)(H2,13,14,15)(H2,16,17,18)(H2,19,20,21)(H2,22,23,24);(H,7,8)(H2,1,2,3)(H2,4,5,6)/p-17. The van der Waals surface area contributed by atoms with Crippen molar-refractivity contribution >= 4 is 70.4 Å². The van der Waals surface area contributed by atoms with E-state index >= 15 is 0 Å². The normalized spacial score (nSPS) is 25.4. The van der Waals surface area contributed by atoms with Crippen LogP contribution in [0.15, 0.2) is 0 Å². The molecule has 0 unspecified atom stereocenters. The summed E-state index contributed by atoms with van der Waals surface area (Å²) < 4.78 is 123. The van der Waals surface area contributed by atoms with Crippen molar-refractivity contribution < 1.29 is 160 Å². The maximum atomic E-state index is 11.1. The van der Waals surface area contributed by atoms with Crippen LogP contribution in [0.3, 0.4) is 0 Å². The third kappa shape index (κ3) is 24.2. The first-order valence-corrected chi connectivity index (χ1v) is 23.1. The van der Waals surface area contributed by atoms with E-state index < -0.39 is 107 Å². The van der Waals surface area contributed by atoms with Crippen LogP contribution in [0.5, 0.6) is 0 Å². The van der Waals surface area contributed by atoms with Crippen molar-refractivity contribution in [3.05, 3.63) is 0 Å². The van der Waals surface area contributed by atoms with E-state index in [0.717, 1.165) is 0 Å². The summed E-state index contributed by atoms with van der Waals surface area (Å²) in [6.07, 6.45) is -21.5. The average molecular weight is 901 g/mol. The van der Waals surface area contributed by atoms with Crippen LogP contribution in [0.1, 0.15) is 0 Å². The first-order valence-electron chi connectivity index (χ1n) is 9.99. The minimum Gasteiger partial charge on any atom is -0.790 e. The number of rotatable bonds is 16. The van der Waals surface area contributed by atoms with Crippen LogP contribution in [0, 0.1) is 0 Å². The summed E-state index contributed by atoms with van der Waals surface area (Å²) in [6.45, 7) is 0. The lowest BCUT2D eigenvalue weighted by atomic mass is 9.85. The van der Waals surface area contributed by atoms with E-state index in [1.807, 2.05) is 0 Å². The Balaban J connectivity index is 0.00000149.